The van der Waals surface area contributed by atoms with Crippen LogP contribution in [0, 0.1) is 10.1 Å². The maximum atomic E-state index is 11.2. The van der Waals surface area contributed by atoms with Crippen LogP contribution in [0.4, 0.5) is 5.69 Å². The fourth-order valence-corrected chi connectivity index (χ4v) is 2.79. The van der Waals surface area contributed by atoms with E-state index in [1.165, 1.54) is 6.07 Å². The van der Waals surface area contributed by atoms with Crippen LogP contribution in [0.3, 0.4) is 0 Å². The fourth-order valence-electron chi connectivity index (χ4n) is 2.79. The van der Waals surface area contributed by atoms with Gasteiger partial charge >= 0.3 is 7.12 Å². The Kier molecular flexibility index (Phi) is 4.73. The zero-order chi connectivity index (χ0) is 18.9. The van der Waals surface area contributed by atoms with Crippen LogP contribution in [0.2, 0.25) is 0 Å². The predicted molar refractivity (Wildman–Crippen MR) is 103 cm³/mol. The summed E-state index contributed by atoms with van der Waals surface area (Å²) in [6.07, 6.45) is 1.96. The summed E-state index contributed by atoms with van der Waals surface area (Å²) >= 11 is 0. The summed E-state index contributed by atoms with van der Waals surface area (Å²) in [5.41, 5.74) is 1.50. The summed E-state index contributed by atoms with van der Waals surface area (Å²) in [4.78, 5) is 10.8. The SMILES string of the molecule is CC1(C)OB(/C(=C/c2ccccc2)c2cccc([N+](=O)[O-])c2)OC1(C)C. The molecule has 0 amide bonds. The highest BCUT2D eigenvalue weighted by Gasteiger charge is 2.52. The first kappa shape index (κ1) is 18.4. The van der Waals surface area contributed by atoms with Crippen LogP contribution in [0.15, 0.2) is 54.6 Å². The van der Waals surface area contributed by atoms with E-state index < -0.39 is 23.2 Å². The van der Waals surface area contributed by atoms with Gasteiger partial charge in [-0.2, -0.15) is 0 Å². The molecule has 3 rings (SSSR count). The minimum atomic E-state index is -0.609. The lowest BCUT2D eigenvalue weighted by Crippen LogP contribution is -2.41. The third kappa shape index (κ3) is 3.57. The topological polar surface area (TPSA) is 61.6 Å². The molecule has 0 N–H and O–H groups in total. The Bertz CT molecular complexity index is 830. The molecule has 6 heteroatoms. The van der Waals surface area contributed by atoms with Crippen molar-refractivity contribution in [3.63, 3.8) is 0 Å². The Labute approximate surface area is 153 Å². The van der Waals surface area contributed by atoms with Gasteiger partial charge in [-0.3, -0.25) is 10.1 Å². The predicted octanol–water partition coefficient (Wildman–Crippen LogP) is 4.77. The van der Waals surface area contributed by atoms with Crippen LogP contribution in [-0.2, 0) is 9.31 Å². The van der Waals surface area contributed by atoms with Crippen molar-refractivity contribution in [2.75, 3.05) is 0 Å². The van der Waals surface area contributed by atoms with Gasteiger partial charge in [-0.05, 0) is 44.3 Å². The molecule has 0 spiro atoms. The molecule has 5 nitrogen and oxygen atoms in total. The van der Waals surface area contributed by atoms with Gasteiger partial charge in [0.05, 0.1) is 16.1 Å². The summed E-state index contributed by atoms with van der Waals surface area (Å²) in [6.45, 7) is 7.95. The molecule has 0 radical (unpaired) electrons. The third-order valence-electron chi connectivity index (χ3n) is 5.02. The van der Waals surface area contributed by atoms with E-state index in [9.17, 15) is 10.1 Å². The van der Waals surface area contributed by atoms with Crippen molar-refractivity contribution in [2.45, 2.75) is 38.9 Å². The number of hydrogen-bond acceptors (Lipinski definition) is 4. The summed E-state index contributed by atoms with van der Waals surface area (Å²) in [7, 11) is -0.609. The molecule has 2 aromatic rings. The highest BCUT2D eigenvalue weighted by atomic mass is 16.7. The number of hydrogen-bond donors (Lipinski definition) is 0. The molecule has 0 aliphatic carbocycles. The highest BCUT2D eigenvalue weighted by Crippen LogP contribution is 2.41. The number of nitro benzene ring substituents is 1. The summed E-state index contributed by atoms with van der Waals surface area (Å²) < 4.78 is 12.4. The Hall–Kier alpha value is -2.44. The maximum Gasteiger partial charge on any atom is 0.495 e. The smallest absolute Gasteiger partial charge is 0.399 e. The average Bonchev–Trinajstić information content (AvgIpc) is 2.81. The number of rotatable bonds is 4. The lowest BCUT2D eigenvalue weighted by molar-refractivity contribution is -0.384. The van der Waals surface area contributed by atoms with E-state index in [1.54, 1.807) is 12.1 Å². The van der Waals surface area contributed by atoms with Crippen molar-refractivity contribution in [2.24, 2.45) is 0 Å². The first-order valence-electron chi connectivity index (χ1n) is 8.57. The Morgan fingerprint density at radius 3 is 2.19 bits per heavy atom. The third-order valence-corrected chi connectivity index (χ3v) is 5.02. The van der Waals surface area contributed by atoms with Crippen LogP contribution in [0.1, 0.15) is 38.8 Å². The second-order valence-corrected chi connectivity index (χ2v) is 7.41. The molecule has 0 atom stereocenters. The lowest BCUT2D eigenvalue weighted by atomic mass is 9.73. The molecule has 0 aromatic heterocycles. The molecule has 2 aromatic carbocycles. The first-order valence-corrected chi connectivity index (χ1v) is 8.57. The van der Waals surface area contributed by atoms with Gasteiger partial charge in [-0.1, -0.05) is 48.5 Å². The average molecular weight is 351 g/mol. The van der Waals surface area contributed by atoms with Crippen LogP contribution < -0.4 is 0 Å². The molecule has 1 heterocycles. The molecular weight excluding hydrogens is 329 g/mol. The number of nitro groups is 1. The van der Waals surface area contributed by atoms with Crippen LogP contribution >= 0.6 is 0 Å². The minimum Gasteiger partial charge on any atom is -0.399 e. The Balaban J connectivity index is 2.08. The molecule has 1 saturated heterocycles. The molecule has 26 heavy (non-hydrogen) atoms. The fraction of sp³-hybridized carbons (Fsp3) is 0.300. The zero-order valence-corrected chi connectivity index (χ0v) is 15.4. The van der Waals surface area contributed by atoms with Crippen molar-refractivity contribution in [3.05, 3.63) is 75.8 Å². The van der Waals surface area contributed by atoms with Crippen molar-refractivity contribution in [1.29, 1.82) is 0 Å². The standard InChI is InChI=1S/C20H22BNO4/c1-19(2)20(3,4)26-21(25-19)18(13-15-9-6-5-7-10-15)16-11-8-12-17(14-16)22(23)24/h5-14H,1-4H3/b18-13+. The van der Waals surface area contributed by atoms with Gasteiger partial charge in [0.25, 0.3) is 5.69 Å². The quantitative estimate of drug-likeness (QED) is 0.345. The number of nitrogens with zero attached hydrogens (tertiary/aromatic N) is 1. The van der Waals surface area contributed by atoms with E-state index in [0.717, 1.165) is 11.0 Å². The largest absolute Gasteiger partial charge is 0.495 e. The minimum absolute atomic E-state index is 0.0398. The van der Waals surface area contributed by atoms with Crippen molar-refractivity contribution in [1.82, 2.24) is 0 Å². The molecule has 1 aliphatic rings. The van der Waals surface area contributed by atoms with E-state index in [2.05, 4.69) is 0 Å². The first-order chi connectivity index (χ1) is 12.2. The molecule has 0 unspecified atom stereocenters. The normalized spacial score (nSPS) is 18.8. The van der Waals surface area contributed by atoms with Gasteiger partial charge < -0.3 is 9.31 Å². The van der Waals surface area contributed by atoms with E-state index in [0.29, 0.717) is 5.56 Å². The Morgan fingerprint density at radius 2 is 1.62 bits per heavy atom. The van der Waals surface area contributed by atoms with Gasteiger partial charge in [-0.25, -0.2) is 0 Å². The van der Waals surface area contributed by atoms with Crippen molar-refractivity contribution >= 4 is 24.4 Å². The molecule has 1 fully saturated rings. The molecule has 0 bridgehead atoms. The molecule has 134 valence electrons. The van der Waals surface area contributed by atoms with E-state index in [1.807, 2.05) is 70.2 Å². The van der Waals surface area contributed by atoms with Crippen LogP contribution in [0.5, 0.6) is 0 Å². The number of benzene rings is 2. The molecular formula is C20H22BNO4. The van der Waals surface area contributed by atoms with Gasteiger partial charge in [0.2, 0.25) is 0 Å². The number of non-ortho nitro benzene ring substituents is 1. The van der Waals surface area contributed by atoms with Crippen LogP contribution in [-0.4, -0.2) is 23.2 Å². The Morgan fingerprint density at radius 1 is 1.00 bits per heavy atom. The summed E-state index contributed by atoms with van der Waals surface area (Å²) in [6, 6.07) is 16.3. The van der Waals surface area contributed by atoms with Gasteiger partial charge in [0, 0.05) is 12.1 Å². The van der Waals surface area contributed by atoms with Crippen molar-refractivity contribution in [3.8, 4) is 0 Å². The summed E-state index contributed by atoms with van der Waals surface area (Å²) in [5, 5.41) is 11.2. The maximum absolute atomic E-state index is 11.2. The summed E-state index contributed by atoms with van der Waals surface area (Å²) in [5.74, 6) is 0. The van der Waals surface area contributed by atoms with Gasteiger partial charge in [0.1, 0.15) is 0 Å². The molecule has 1 aliphatic heterocycles. The lowest BCUT2D eigenvalue weighted by Gasteiger charge is -2.32. The monoisotopic (exact) mass is 351 g/mol. The molecule has 0 saturated carbocycles. The van der Waals surface area contributed by atoms with Crippen molar-refractivity contribution < 1.29 is 14.2 Å². The van der Waals surface area contributed by atoms with E-state index >= 15 is 0 Å². The second kappa shape index (κ2) is 6.70. The second-order valence-electron chi connectivity index (χ2n) is 7.41. The highest BCUT2D eigenvalue weighted by molar-refractivity contribution is 6.70. The van der Waals surface area contributed by atoms with E-state index in [-0.39, 0.29) is 5.69 Å². The van der Waals surface area contributed by atoms with Gasteiger partial charge in [-0.15, -0.1) is 0 Å². The van der Waals surface area contributed by atoms with E-state index in [4.69, 9.17) is 9.31 Å². The van der Waals surface area contributed by atoms with Crippen LogP contribution in [0.25, 0.3) is 11.5 Å². The van der Waals surface area contributed by atoms with Gasteiger partial charge in [0.15, 0.2) is 0 Å². The zero-order valence-electron chi connectivity index (χ0n) is 15.4.